The first-order valence-electron chi connectivity index (χ1n) is 9.48. The molecule has 2 amide bonds. The summed E-state index contributed by atoms with van der Waals surface area (Å²) >= 11 is 5.17. The van der Waals surface area contributed by atoms with Crippen LogP contribution in [0.4, 0.5) is 4.79 Å². The Kier molecular flexibility index (Phi) is 8.82. The molecule has 0 atom stereocenters. The number of imide groups is 1. The van der Waals surface area contributed by atoms with E-state index < -0.39 is 5.97 Å². The van der Waals surface area contributed by atoms with Gasteiger partial charge in [-0.3, -0.25) is 14.5 Å². The highest BCUT2D eigenvalue weighted by Crippen LogP contribution is 2.37. The van der Waals surface area contributed by atoms with Gasteiger partial charge in [-0.05, 0) is 105 Å². The Morgan fingerprint density at radius 3 is 2.53 bits per heavy atom. The van der Waals surface area contributed by atoms with Gasteiger partial charge in [-0.25, -0.2) is 4.79 Å². The van der Waals surface area contributed by atoms with Gasteiger partial charge in [0.25, 0.3) is 11.1 Å². The third-order valence-electron chi connectivity index (χ3n) is 4.32. The van der Waals surface area contributed by atoms with Gasteiger partial charge in [0, 0.05) is 3.57 Å². The smallest absolute Gasteiger partial charge is 0.344 e. The predicted octanol–water partition coefficient (Wildman–Crippen LogP) is 5.08. The Hall–Kier alpha value is -1.80. The van der Waals surface area contributed by atoms with Gasteiger partial charge < -0.3 is 14.2 Å². The average Bonchev–Trinajstić information content (AvgIpc) is 3.01. The normalized spacial score (nSPS) is 14.8. The lowest BCUT2D eigenvalue weighted by Crippen LogP contribution is -2.27. The second-order valence-electron chi connectivity index (χ2n) is 6.52. The summed E-state index contributed by atoms with van der Waals surface area (Å²) in [5.74, 6) is 0.00192. The van der Waals surface area contributed by atoms with E-state index in [1.54, 1.807) is 25.1 Å². The van der Waals surface area contributed by atoms with Gasteiger partial charge >= 0.3 is 5.97 Å². The molecule has 0 aliphatic carbocycles. The fourth-order valence-electron chi connectivity index (χ4n) is 2.86. The first-order valence-corrected chi connectivity index (χ1v) is 12.5. The molecular weight excluding hydrogens is 660 g/mol. The van der Waals surface area contributed by atoms with Gasteiger partial charge in [-0.2, -0.15) is 0 Å². The Morgan fingerprint density at radius 1 is 1.16 bits per heavy atom. The molecule has 1 aliphatic heterocycles. The number of halogens is 2. The van der Waals surface area contributed by atoms with Gasteiger partial charge in [0.05, 0.1) is 28.7 Å². The maximum atomic E-state index is 12.8. The van der Waals surface area contributed by atoms with Gasteiger partial charge in [-0.1, -0.05) is 12.1 Å². The number of hydrogen-bond acceptors (Lipinski definition) is 7. The summed E-state index contributed by atoms with van der Waals surface area (Å²) < 4.78 is 17.6. The number of ether oxygens (including phenoxy) is 3. The van der Waals surface area contributed by atoms with Crippen molar-refractivity contribution in [3.05, 3.63) is 59.6 Å². The van der Waals surface area contributed by atoms with Gasteiger partial charge in [0.1, 0.15) is 0 Å². The van der Waals surface area contributed by atoms with Gasteiger partial charge in [-0.15, -0.1) is 0 Å². The molecule has 32 heavy (non-hydrogen) atoms. The quantitative estimate of drug-likeness (QED) is 0.219. The molecule has 2 aromatic rings. The molecule has 0 aromatic heterocycles. The largest absolute Gasteiger partial charge is 0.493 e. The van der Waals surface area contributed by atoms with E-state index in [1.165, 1.54) is 12.0 Å². The molecule has 1 aliphatic rings. The molecule has 0 radical (unpaired) electrons. The van der Waals surface area contributed by atoms with Crippen LogP contribution in [0.2, 0.25) is 0 Å². The van der Waals surface area contributed by atoms with E-state index in [0.29, 0.717) is 25.5 Å². The Balaban J connectivity index is 1.79. The zero-order valence-corrected chi connectivity index (χ0v) is 22.4. The Labute approximate surface area is 217 Å². The number of methoxy groups -OCH3 is 1. The fraction of sp³-hybridized carbons (Fsp3) is 0.227. The monoisotopic (exact) mass is 679 g/mol. The van der Waals surface area contributed by atoms with Crippen LogP contribution in [0.15, 0.2) is 41.3 Å². The van der Waals surface area contributed by atoms with Crippen molar-refractivity contribution in [1.29, 1.82) is 0 Å². The van der Waals surface area contributed by atoms with Crippen LogP contribution >= 0.6 is 56.9 Å². The second-order valence-corrected chi connectivity index (χ2v) is 9.92. The molecular formula is C22H19I2NO6S. The first-order chi connectivity index (χ1) is 15.3. The van der Waals surface area contributed by atoms with Crippen LogP contribution in [-0.4, -0.2) is 42.3 Å². The molecule has 0 unspecified atom stereocenters. The molecule has 1 saturated heterocycles. The van der Waals surface area contributed by atoms with Crippen LogP contribution in [0.3, 0.4) is 0 Å². The van der Waals surface area contributed by atoms with Crippen LogP contribution < -0.4 is 9.47 Å². The van der Waals surface area contributed by atoms with Crippen molar-refractivity contribution in [2.75, 3.05) is 20.3 Å². The zero-order chi connectivity index (χ0) is 23.3. The summed E-state index contributed by atoms with van der Waals surface area (Å²) in [5.41, 5.74) is 1.56. The summed E-state index contributed by atoms with van der Waals surface area (Å²) in [5, 5.41) is -0.309. The molecule has 0 spiro atoms. The maximum Gasteiger partial charge on any atom is 0.344 e. The van der Waals surface area contributed by atoms with Crippen LogP contribution in [0, 0.1) is 7.14 Å². The third kappa shape index (κ3) is 6.16. The van der Waals surface area contributed by atoms with Crippen molar-refractivity contribution >= 4 is 80.1 Å². The number of esters is 1. The van der Waals surface area contributed by atoms with Gasteiger partial charge in [0.15, 0.2) is 18.1 Å². The molecule has 1 fully saturated rings. The second kappa shape index (κ2) is 11.4. The molecule has 7 nitrogen and oxygen atoms in total. The molecule has 168 valence electrons. The number of amides is 2. The summed E-state index contributed by atoms with van der Waals surface area (Å²) in [6, 6.07) is 11.1. The van der Waals surface area contributed by atoms with Crippen molar-refractivity contribution in [3.63, 3.8) is 0 Å². The fourth-order valence-corrected chi connectivity index (χ4v) is 4.84. The number of hydrogen-bond donors (Lipinski definition) is 0. The molecule has 10 heteroatoms. The molecule has 3 rings (SSSR count). The predicted molar refractivity (Wildman–Crippen MR) is 139 cm³/mol. The first kappa shape index (κ1) is 24.8. The lowest BCUT2D eigenvalue weighted by Gasteiger charge is -2.13. The van der Waals surface area contributed by atoms with Crippen molar-refractivity contribution in [2.45, 2.75) is 13.5 Å². The lowest BCUT2D eigenvalue weighted by atomic mass is 10.1. The van der Waals surface area contributed by atoms with E-state index in [2.05, 4.69) is 45.2 Å². The SMILES string of the molecule is CCOC(=O)COc1c(I)cc(/C=C2/SC(=O)N(Cc3ccc(I)cc3)C2=O)cc1OC. The minimum Gasteiger partial charge on any atom is -0.493 e. The van der Waals surface area contributed by atoms with Crippen molar-refractivity contribution in [1.82, 2.24) is 4.90 Å². The van der Waals surface area contributed by atoms with E-state index in [4.69, 9.17) is 14.2 Å². The van der Waals surface area contributed by atoms with E-state index in [-0.39, 0.29) is 30.9 Å². The summed E-state index contributed by atoms with van der Waals surface area (Å²) in [6.45, 7) is 1.98. The summed E-state index contributed by atoms with van der Waals surface area (Å²) in [4.78, 5) is 38.4. The number of benzene rings is 2. The Bertz CT molecular complexity index is 1070. The van der Waals surface area contributed by atoms with E-state index in [1.807, 2.05) is 24.3 Å². The van der Waals surface area contributed by atoms with Crippen LogP contribution in [0.25, 0.3) is 6.08 Å². The number of carbonyl (C=O) groups excluding carboxylic acids is 3. The lowest BCUT2D eigenvalue weighted by molar-refractivity contribution is -0.145. The van der Waals surface area contributed by atoms with Crippen molar-refractivity contribution < 1.29 is 28.6 Å². The Morgan fingerprint density at radius 2 is 1.88 bits per heavy atom. The van der Waals surface area contributed by atoms with Crippen LogP contribution in [0.5, 0.6) is 11.5 Å². The highest BCUT2D eigenvalue weighted by molar-refractivity contribution is 14.1. The van der Waals surface area contributed by atoms with Crippen molar-refractivity contribution in [3.8, 4) is 11.5 Å². The number of rotatable bonds is 8. The summed E-state index contributed by atoms with van der Waals surface area (Å²) in [6.07, 6.45) is 1.65. The average molecular weight is 679 g/mol. The molecule has 0 bridgehead atoms. The summed E-state index contributed by atoms with van der Waals surface area (Å²) in [7, 11) is 1.49. The topological polar surface area (TPSA) is 82.1 Å². The minimum atomic E-state index is -0.476. The minimum absolute atomic E-state index is 0.223. The standard InChI is InChI=1S/C22H19I2NO6S/c1-3-30-19(26)12-31-20-16(24)8-14(9-17(20)29-2)10-18-21(27)25(22(28)32-18)11-13-4-6-15(23)7-5-13/h4-10H,3,11-12H2,1-2H3/b18-10+. The van der Waals surface area contributed by atoms with Crippen molar-refractivity contribution in [2.24, 2.45) is 0 Å². The molecule has 0 N–H and O–H groups in total. The third-order valence-corrected chi connectivity index (χ3v) is 6.74. The number of carbonyl (C=O) groups is 3. The maximum absolute atomic E-state index is 12.8. The highest BCUT2D eigenvalue weighted by atomic mass is 127. The van der Waals surface area contributed by atoms with E-state index in [9.17, 15) is 14.4 Å². The van der Waals surface area contributed by atoms with E-state index in [0.717, 1.165) is 20.9 Å². The van der Waals surface area contributed by atoms with Gasteiger partial charge in [0.2, 0.25) is 0 Å². The van der Waals surface area contributed by atoms with Crippen LogP contribution in [-0.2, 0) is 20.9 Å². The number of nitrogens with zero attached hydrogens (tertiary/aromatic N) is 1. The van der Waals surface area contributed by atoms with Crippen LogP contribution in [0.1, 0.15) is 18.1 Å². The molecule has 0 saturated carbocycles. The molecule has 2 aromatic carbocycles. The highest BCUT2D eigenvalue weighted by Gasteiger charge is 2.35. The molecule has 1 heterocycles. The van der Waals surface area contributed by atoms with E-state index >= 15 is 0 Å². The zero-order valence-electron chi connectivity index (χ0n) is 17.2. The number of thioether (sulfide) groups is 1.